The summed E-state index contributed by atoms with van der Waals surface area (Å²) in [4.78, 5) is 13.4. The average Bonchev–Trinajstić information content (AvgIpc) is 3.13. The zero-order valence-electron chi connectivity index (χ0n) is 13.0. The summed E-state index contributed by atoms with van der Waals surface area (Å²) < 4.78 is 2.12. The van der Waals surface area contributed by atoms with Crippen LogP contribution in [0.3, 0.4) is 0 Å². The summed E-state index contributed by atoms with van der Waals surface area (Å²) in [6.45, 7) is 1.98. The Morgan fingerprint density at radius 2 is 1.88 bits per heavy atom. The van der Waals surface area contributed by atoms with E-state index in [-0.39, 0.29) is 5.56 Å². The van der Waals surface area contributed by atoms with Crippen LogP contribution in [0.4, 0.5) is 0 Å². The smallest absolute Gasteiger partial charge is 0.267 e. The van der Waals surface area contributed by atoms with Gasteiger partial charge in [0.25, 0.3) is 5.56 Å². The number of benzene rings is 2. The van der Waals surface area contributed by atoms with Crippen LogP contribution in [0.1, 0.15) is 11.1 Å². The normalized spacial score (nSPS) is 12.2. The van der Waals surface area contributed by atoms with Crippen molar-refractivity contribution in [1.82, 2.24) is 14.6 Å². The van der Waals surface area contributed by atoms with E-state index < -0.39 is 0 Å². The van der Waals surface area contributed by atoms with Crippen molar-refractivity contribution in [3.8, 4) is 11.4 Å². The number of hydrogen-bond donors (Lipinski definition) is 0. The molecule has 0 amide bonds. The number of nitrogens with zero attached hydrogens (tertiary/aromatic N) is 3. The Morgan fingerprint density at radius 3 is 2.64 bits per heavy atom. The van der Waals surface area contributed by atoms with Gasteiger partial charge in [0.05, 0.1) is 14.6 Å². The molecular weight excluding hydrogens is 377 g/mol. The minimum Gasteiger partial charge on any atom is -0.267 e. The molecule has 4 aromatic rings. The van der Waals surface area contributed by atoms with Crippen LogP contribution in [0.2, 0.25) is 10.0 Å². The molecule has 0 radical (unpaired) electrons. The molecule has 2 aromatic carbocycles. The number of aromatic nitrogens is 3. The molecule has 0 bridgehead atoms. The Morgan fingerprint density at radius 1 is 1.08 bits per heavy atom. The Kier molecular flexibility index (Phi) is 4.07. The summed E-state index contributed by atoms with van der Waals surface area (Å²) in [6.07, 6.45) is 1.78. The van der Waals surface area contributed by atoms with E-state index in [9.17, 15) is 4.79 Å². The van der Waals surface area contributed by atoms with Crippen LogP contribution in [0.15, 0.2) is 47.3 Å². The third-order valence-corrected chi connectivity index (χ3v) is 5.57. The molecule has 0 fully saturated rings. The zero-order valence-corrected chi connectivity index (χ0v) is 15.4. The van der Waals surface area contributed by atoms with E-state index in [1.807, 2.05) is 37.3 Å². The second kappa shape index (κ2) is 6.26. The molecule has 0 saturated carbocycles. The molecule has 0 unspecified atom stereocenters. The van der Waals surface area contributed by atoms with E-state index >= 15 is 0 Å². The first-order chi connectivity index (χ1) is 12.0. The SMILES string of the molecule is Cc1ccccc1-c1nnc2s/c(=C/c3ccc(Cl)c(Cl)c3)c(=O)n12. The van der Waals surface area contributed by atoms with Crippen molar-refractivity contribution < 1.29 is 0 Å². The predicted octanol–water partition coefficient (Wildman–Crippen LogP) is 3.98. The van der Waals surface area contributed by atoms with Crippen LogP contribution < -0.4 is 10.1 Å². The Hall–Kier alpha value is -2.21. The minimum atomic E-state index is -0.144. The van der Waals surface area contributed by atoms with Crippen LogP contribution in [0, 0.1) is 6.92 Å². The van der Waals surface area contributed by atoms with Gasteiger partial charge in [-0.3, -0.25) is 4.79 Å². The molecule has 0 atom stereocenters. The van der Waals surface area contributed by atoms with Crippen LogP contribution >= 0.6 is 34.5 Å². The van der Waals surface area contributed by atoms with Gasteiger partial charge in [-0.2, -0.15) is 0 Å². The zero-order chi connectivity index (χ0) is 17.6. The van der Waals surface area contributed by atoms with Gasteiger partial charge in [-0.05, 0) is 36.3 Å². The van der Waals surface area contributed by atoms with Crippen molar-refractivity contribution in [1.29, 1.82) is 0 Å². The first kappa shape index (κ1) is 16.3. The van der Waals surface area contributed by atoms with Crippen molar-refractivity contribution in [2.24, 2.45) is 0 Å². The van der Waals surface area contributed by atoms with Crippen molar-refractivity contribution in [2.45, 2.75) is 6.92 Å². The molecule has 0 aliphatic heterocycles. The fourth-order valence-electron chi connectivity index (χ4n) is 2.61. The quantitative estimate of drug-likeness (QED) is 0.522. The van der Waals surface area contributed by atoms with E-state index in [1.54, 1.807) is 22.6 Å². The van der Waals surface area contributed by atoms with Crippen molar-refractivity contribution in [2.75, 3.05) is 0 Å². The average molecular weight is 388 g/mol. The van der Waals surface area contributed by atoms with E-state index in [0.717, 1.165) is 16.7 Å². The minimum absolute atomic E-state index is 0.144. The van der Waals surface area contributed by atoms with Crippen LogP contribution in [0.5, 0.6) is 0 Å². The number of thiazole rings is 1. The van der Waals surface area contributed by atoms with Crippen molar-refractivity contribution in [3.63, 3.8) is 0 Å². The van der Waals surface area contributed by atoms with Gasteiger partial charge in [0.15, 0.2) is 5.82 Å². The van der Waals surface area contributed by atoms with Gasteiger partial charge in [-0.15, -0.1) is 10.2 Å². The number of halogens is 2. The first-order valence-electron chi connectivity index (χ1n) is 7.45. The highest BCUT2D eigenvalue weighted by Gasteiger charge is 2.15. The summed E-state index contributed by atoms with van der Waals surface area (Å²) in [7, 11) is 0. The van der Waals surface area contributed by atoms with Gasteiger partial charge in [-0.1, -0.05) is 64.9 Å². The lowest BCUT2D eigenvalue weighted by atomic mass is 10.1. The van der Waals surface area contributed by atoms with Gasteiger partial charge in [0, 0.05) is 5.56 Å². The van der Waals surface area contributed by atoms with Gasteiger partial charge < -0.3 is 0 Å². The molecule has 4 nitrogen and oxygen atoms in total. The van der Waals surface area contributed by atoms with E-state index in [1.165, 1.54) is 11.3 Å². The molecule has 2 heterocycles. The molecule has 0 spiro atoms. The summed E-state index contributed by atoms with van der Waals surface area (Å²) in [6, 6.07) is 13.0. The van der Waals surface area contributed by atoms with Crippen LogP contribution in [-0.2, 0) is 0 Å². The molecule has 7 heteroatoms. The second-order valence-corrected chi connectivity index (χ2v) is 7.37. The molecule has 4 rings (SSSR count). The highest BCUT2D eigenvalue weighted by Crippen LogP contribution is 2.23. The standard InChI is InChI=1S/C18H11Cl2N3OS/c1-10-4-2-3-5-12(10)16-21-22-18-23(16)17(24)15(25-18)9-11-6-7-13(19)14(20)8-11/h2-9H,1H3/b15-9+. The maximum atomic E-state index is 12.9. The molecule has 25 heavy (non-hydrogen) atoms. The molecule has 0 saturated heterocycles. The molecule has 0 aliphatic rings. The maximum Gasteiger partial charge on any atom is 0.276 e. The third kappa shape index (κ3) is 2.84. The fraction of sp³-hybridized carbons (Fsp3) is 0.0556. The molecule has 2 aromatic heterocycles. The fourth-order valence-corrected chi connectivity index (χ4v) is 3.83. The lowest BCUT2D eigenvalue weighted by Gasteiger charge is -2.01. The van der Waals surface area contributed by atoms with E-state index in [0.29, 0.717) is 25.4 Å². The molecule has 0 N–H and O–H groups in total. The lowest BCUT2D eigenvalue weighted by Crippen LogP contribution is -2.23. The predicted molar refractivity (Wildman–Crippen MR) is 103 cm³/mol. The van der Waals surface area contributed by atoms with E-state index in [4.69, 9.17) is 23.2 Å². The topological polar surface area (TPSA) is 47.3 Å². The Balaban J connectivity index is 1.93. The van der Waals surface area contributed by atoms with Crippen LogP contribution in [-0.4, -0.2) is 14.6 Å². The molecule has 0 aliphatic carbocycles. The van der Waals surface area contributed by atoms with Gasteiger partial charge in [-0.25, -0.2) is 4.40 Å². The summed E-state index contributed by atoms with van der Waals surface area (Å²) in [5.74, 6) is 0.558. The molecular formula is C18H11Cl2N3OS. The van der Waals surface area contributed by atoms with Crippen molar-refractivity contribution >= 4 is 45.6 Å². The summed E-state index contributed by atoms with van der Waals surface area (Å²) >= 11 is 13.3. The monoisotopic (exact) mass is 387 g/mol. The van der Waals surface area contributed by atoms with Crippen LogP contribution in [0.25, 0.3) is 22.4 Å². The number of fused-ring (bicyclic) bond motifs is 1. The molecule has 124 valence electrons. The number of rotatable bonds is 2. The Bertz CT molecular complexity index is 1210. The largest absolute Gasteiger partial charge is 0.276 e. The van der Waals surface area contributed by atoms with Crippen molar-refractivity contribution in [3.05, 3.63) is 78.5 Å². The van der Waals surface area contributed by atoms with Gasteiger partial charge in [0.1, 0.15) is 0 Å². The summed E-state index contributed by atoms with van der Waals surface area (Å²) in [5, 5.41) is 9.28. The summed E-state index contributed by atoms with van der Waals surface area (Å²) in [5.41, 5.74) is 2.60. The highest BCUT2D eigenvalue weighted by atomic mass is 35.5. The van der Waals surface area contributed by atoms with E-state index in [2.05, 4.69) is 10.2 Å². The lowest BCUT2D eigenvalue weighted by molar-refractivity contribution is 1.09. The van der Waals surface area contributed by atoms with Gasteiger partial charge in [0.2, 0.25) is 4.96 Å². The second-order valence-electron chi connectivity index (χ2n) is 5.55. The first-order valence-corrected chi connectivity index (χ1v) is 9.02. The third-order valence-electron chi connectivity index (χ3n) is 3.88. The number of hydrogen-bond acceptors (Lipinski definition) is 4. The highest BCUT2D eigenvalue weighted by molar-refractivity contribution is 7.15. The number of aryl methyl sites for hydroxylation is 1. The Labute approximate surface area is 157 Å². The maximum absolute atomic E-state index is 12.9. The van der Waals surface area contributed by atoms with Gasteiger partial charge >= 0.3 is 0 Å².